The van der Waals surface area contributed by atoms with Gasteiger partial charge in [0.25, 0.3) is 5.56 Å². The highest BCUT2D eigenvalue weighted by molar-refractivity contribution is 7.99. The standard InChI is InChI=1S/C14H17N3O4S3/c1-2-17-13(19)12-10(3-5-22-12)16-14(17)23-7-11(18)15-9-4-6-24(20,21)8-9/h3,5,9H,2,4,6-8H2,1H3,(H,15,18)/t9-/m0/s1. The molecule has 10 heteroatoms. The molecular formula is C14H17N3O4S3. The van der Waals surface area contributed by atoms with Crippen molar-refractivity contribution < 1.29 is 13.2 Å². The molecule has 0 aromatic carbocycles. The minimum Gasteiger partial charge on any atom is -0.352 e. The van der Waals surface area contributed by atoms with Crippen molar-refractivity contribution in [2.75, 3.05) is 17.3 Å². The zero-order valence-electron chi connectivity index (χ0n) is 13.0. The van der Waals surface area contributed by atoms with E-state index in [2.05, 4.69) is 10.3 Å². The molecular weight excluding hydrogens is 370 g/mol. The van der Waals surface area contributed by atoms with Gasteiger partial charge in [0.2, 0.25) is 5.91 Å². The van der Waals surface area contributed by atoms with Gasteiger partial charge in [0.15, 0.2) is 15.0 Å². The molecule has 0 saturated carbocycles. The van der Waals surface area contributed by atoms with Crippen molar-refractivity contribution in [3.8, 4) is 0 Å². The Balaban J connectivity index is 1.69. The smallest absolute Gasteiger partial charge is 0.272 e. The molecule has 2 aromatic rings. The molecule has 0 bridgehead atoms. The van der Waals surface area contributed by atoms with Crippen LogP contribution in [0.25, 0.3) is 10.2 Å². The van der Waals surface area contributed by atoms with Gasteiger partial charge < -0.3 is 5.32 Å². The fourth-order valence-corrected chi connectivity index (χ4v) is 5.95. The molecule has 7 nitrogen and oxygen atoms in total. The number of nitrogens with zero attached hydrogens (tertiary/aromatic N) is 2. The van der Waals surface area contributed by atoms with E-state index in [0.717, 1.165) is 0 Å². The van der Waals surface area contributed by atoms with E-state index in [1.165, 1.54) is 23.1 Å². The number of sulfone groups is 1. The number of thiophene rings is 1. The number of nitrogens with one attached hydrogen (secondary N) is 1. The van der Waals surface area contributed by atoms with Gasteiger partial charge in [0.1, 0.15) is 4.70 Å². The van der Waals surface area contributed by atoms with E-state index in [9.17, 15) is 18.0 Å². The molecule has 1 fully saturated rings. The molecule has 3 rings (SSSR count). The molecule has 3 heterocycles. The Bertz CT molecular complexity index is 932. The molecule has 0 spiro atoms. The monoisotopic (exact) mass is 387 g/mol. The van der Waals surface area contributed by atoms with Gasteiger partial charge in [-0.3, -0.25) is 14.2 Å². The first kappa shape index (κ1) is 17.4. The summed E-state index contributed by atoms with van der Waals surface area (Å²) in [6, 6.07) is 1.47. The van der Waals surface area contributed by atoms with Gasteiger partial charge in [0.05, 0.1) is 22.8 Å². The predicted molar refractivity (Wildman–Crippen MR) is 95.5 cm³/mol. The van der Waals surface area contributed by atoms with E-state index in [0.29, 0.717) is 28.3 Å². The van der Waals surface area contributed by atoms with Crippen LogP contribution in [-0.2, 0) is 21.2 Å². The van der Waals surface area contributed by atoms with Gasteiger partial charge in [-0.05, 0) is 24.8 Å². The number of hydrogen-bond acceptors (Lipinski definition) is 7. The van der Waals surface area contributed by atoms with Crippen molar-refractivity contribution in [3.05, 3.63) is 21.8 Å². The fourth-order valence-electron chi connectivity index (χ4n) is 2.62. The van der Waals surface area contributed by atoms with Gasteiger partial charge in [-0.2, -0.15) is 0 Å². The van der Waals surface area contributed by atoms with Crippen LogP contribution >= 0.6 is 23.1 Å². The van der Waals surface area contributed by atoms with E-state index < -0.39 is 9.84 Å². The first-order valence-corrected chi connectivity index (χ1v) is 11.2. The Hall–Kier alpha value is -1.39. The second-order valence-electron chi connectivity index (χ2n) is 5.53. The summed E-state index contributed by atoms with van der Waals surface area (Å²) in [6.45, 7) is 2.33. The molecule has 24 heavy (non-hydrogen) atoms. The maximum absolute atomic E-state index is 12.4. The molecule has 1 amide bonds. The average Bonchev–Trinajstić information content (AvgIpc) is 3.11. The number of amides is 1. The van der Waals surface area contributed by atoms with Crippen LogP contribution in [0.1, 0.15) is 13.3 Å². The van der Waals surface area contributed by atoms with Crippen molar-refractivity contribution >= 4 is 49.1 Å². The quantitative estimate of drug-likeness (QED) is 0.604. The van der Waals surface area contributed by atoms with Crippen molar-refractivity contribution in [1.29, 1.82) is 0 Å². The van der Waals surface area contributed by atoms with Crippen LogP contribution in [0.5, 0.6) is 0 Å². The molecule has 1 N–H and O–H groups in total. The second kappa shape index (κ2) is 6.85. The van der Waals surface area contributed by atoms with Crippen molar-refractivity contribution in [2.45, 2.75) is 31.1 Å². The lowest BCUT2D eigenvalue weighted by Gasteiger charge is -2.12. The normalized spacial score (nSPS) is 19.6. The number of aromatic nitrogens is 2. The molecule has 2 aromatic heterocycles. The van der Waals surface area contributed by atoms with E-state index in [-0.39, 0.29) is 34.8 Å². The lowest BCUT2D eigenvalue weighted by molar-refractivity contribution is -0.119. The van der Waals surface area contributed by atoms with Gasteiger partial charge in [0, 0.05) is 12.6 Å². The first-order chi connectivity index (χ1) is 11.4. The Morgan fingerprint density at radius 1 is 1.54 bits per heavy atom. The summed E-state index contributed by atoms with van der Waals surface area (Å²) in [4.78, 5) is 28.9. The van der Waals surface area contributed by atoms with Crippen LogP contribution in [0.2, 0.25) is 0 Å². The Morgan fingerprint density at radius 2 is 2.33 bits per heavy atom. The number of carbonyl (C=O) groups is 1. The SMILES string of the molecule is CCn1c(SCC(=O)N[C@H]2CCS(=O)(=O)C2)nc2ccsc2c1=O. The third-order valence-corrected chi connectivity index (χ3v) is 7.41. The summed E-state index contributed by atoms with van der Waals surface area (Å²) in [5.41, 5.74) is 0.543. The average molecular weight is 388 g/mol. The van der Waals surface area contributed by atoms with Gasteiger partial charge in [-0.1, -0.05) is 11.8 Å². The molecule has 1 aliphatic rings. The van der Waals surface area contributed by atoms with Crippen LogP contribution < -0.4 is 10.9 Å². The minimum atomic E-state index is -3.02. The summed E-state index contributed by atoms with van der Waals surface area (Å²) in [7, 11) is -3.02. The minimum absolute atomic E-state index is 0.00217. The highest BCUT2D eigenvalue weighted by Gasteiger charge is 2.28. The largest absolute Gasteiger partial charge is 0.352 e. The summed E-state index contributed by atoms with van der Waals surface area (Å²) >= 11 is 2.55. The topological polar surface area (TPSA) is 98.1 Å². The van der Waals surface area contributed by atoms with Gasteiger partial charge >= 0.3 is 0 Å². The van der Waals surface area contributed by atoms with Crippen molar-refractivity contribution in [3.63, 3.8) is 0 Å². The number of carbonyl (C=O) groups excluding carboxylic acids is 1. The number of fused-ring (bicyclic) bond motifs is 1. The highest BCUT2D eigenvalue weighted by Crippen LogP contribution is 2.21. The zero-order valence-corrected chi connectivity index (χ0v) is 15.5. The summed E-state index contributed by atoms with van der Waals surface area (Å²) < 4.78 is 25.0. The van der Waals surface area contributed by atoms with E-state index >= 15 is 0 Å². The first-order valence-electron chi connectivity index (χ1n) is 7.50. The summed E-state index contributed by atoms with van der Waals surface area (Å²) in [5, 5.41) is 5.06. The third-order valence-electron chi connectivity index (χ3n) is 3.78. The van der Waals surface area contributed by atoms with Gasteiger partial charge in [-0.15, -0.1) is 11.3 Å². The molecule has 1 saturated heterocycles. The predicted octanol–water partition coefficient (Wildman–Crippen LogP) is 0.873. The molecule has 0 unspecified atom stereocenters. The van der Waals surface area contributed by atoms with Crippen LogP contribution in [0.4, 0.5) is 0 Å². The van der Waals surface area contributed by atoms with Crippen molar-refractivity contribution in [1.82, 2.24) is 14.9 Å². The van der Waals surface area contributed by atoms with E-state index in [1.54, 1.807) is 10.6 Å². The van der Waals surface area contributed by atoms with Gasteiger partial charge in [-0.25, -0.2) is 13.4 Å². The van der Waals surface area contributed by atoms with Crippen LogP contribution in [-0.4, -0.2) is 47.2 Å². The van der Waals surface area contributed by atoms with Crippen LogP contribution in [0, 0.1) is 0 Å². The lowest BCUT2D eigenvalue weighted by Crippen LogP contribution is -2.36. The lowest BCUT2D eigenvalue weighted by atomic mass is 10.3. The molecule has 0 aliphatic carbocycles. The molecule has 130 valence electrons. The van der Waals surface area contributed by atoms with Crippen LogP contribution in [0.3, 0.4) is 0 Å². The summed E-state index contributed by atoms with van der Waals surface area (Å²) in [6.07, 6.45) is 0.456. The summed E-state index contributed by atoms with van der Waals surface area (Å²) in [5.74, 6) is -0.0260. The number of thioether (sulfide) groups is 1. The Labute approximate surface area is 147 Å². The number of rotatable bonds is 5. The second-order valence-corrected chi connectivity index (χ2v) is 9.62. The van der Waals surface area contributed by atoms with Crippen LogP contribution in [0.15, 0.2) is 21.4 Å². The Kier molecular flexibility index (Phi) is 4.97. The Morgan fingerprint density at radius 3 is 3.00 bits per heavy atom. The maximum atomic E-state index is 12.4. The molecule has 0 radical (unpaired) electrons. The highest BCUT2D eigenvalue weighted by atomic mass is 32.2. The third kappa shape index (κ3) is 3.65. The molecule has 1 aliphatic heterocycles. The molecule has 1 atom stereocenters. The number of hydrogen-bond donors (Lipinski definition) is 1. The van der Waals surface area contributed by atoms with E-state index in [1.807, 2.05) is 12.3 Å². The van der Waals surface area contributed by atoms with Crippen molar-refractivity contribution in [2.24, 2.45) is 0 Å². The fraction of sp³-hybridized carbons (Fsp3) is 0.500. The zero-order chi connectivity index (χ0) is 17.3. The van der Waals surface area contributed by atoms with E-state index in [4.69, 9.17) is 0 Å². The maximum Gasteiger partial charge on any atom is 0.272 e.